The molecule has 7 nitrogen and oxygen atoms in total. The van der Waals surface area contributed by atoms with Crippen LogP contribution in [0.1, 0.15) is 45.0 Å². The van der Waals surface area contributed by atoms with Crippen LogP contribution in [0.3, 0.4) is 0 Å². The summed E-state index contributed by atoms with van der Waals surface area (Å²) in [4.78, 5) is 35.3. The zero-order valence-electron chi connectivity index (χ0n) is 15.0. The van der Waals surface area contributed by atoms with Gasteiger partial charge in [-0.15, -0.1) is 0 Å². The van der Waals surface area contributed by atoms with Gasteiger partial charge in [0.1, 0.15) is 0 Å². The molecule has 0 fully saturated rings. The highest BCUT2D eigenvalue weighted by molar-refractivity contribution is 6.34. The lowest BCUT2D eigenvalue weighted by Crippen LogP contribution is -2.43. The Kier molecular flexibility index (Phi) is 6.42. The predicted octanol–water partition coefficient (Wildman–Crippen LogP) is 3.10. The van der Waals surface area contributed by atoms with E-state index in [1.54, 1.807) is 6.07 Å². The van der Waals surface area contributed by atoms with Crippen molar-refractivity contribution in [3.05, 3.63) is 28.8 Å². The fourth-order valence-corrected chi connectivity index (χ4v) is 1.96. The van der Waals surface area contributed by atoms with E-state index in [0.29, 0.717) is 5.69 Å². The first-order valence-electron chi connectivity index (χ1n) is 7.72. The molecule has 0 heterocycles. The number of hydrogen-bond acceptors (Lipinski definition) is 3. The summed E-state index contributed by atoms with van der Waals surface area (Å²) in [6.07, 6.45) is 0. The zero-order chi connectivity index (χ0) is 19.4. The van der Waals surface area contributed by atoms with Crippen molar-refractivity contribution in [3.63, 3.8) is 0 Å². The highest BCUT2D eigenvalue weighted by Crippen LogP contribution is 2.21. The second kappa shape index (κ2) is 7.74. The summed E-state index contributed by atoms with van der Waals surface area (Å²) < 4.78 is 0. The van der Waals surface area contributed by atoms with Crippen molar-refractivity contribution in [2.45, 2.75) is 40.2 Å². The van der Waals surface area contributed by atoms with Gasteiger partial charge >= 0.3 is 12.0 Å². The molecule has 0 radical (unpaired) electrons. The second-order valence-corrected chi connectivity index (χ2v) is 7.80. The minimum absolute atomic E-state index is 0.0559. The summed E-state index contributed by atoms with van der Waals surface area (Å²) in [5.74, 6) is -1.53. The predicted molar refractivity (Wildman–Crippen MR) is 97.1 cm³/mol. The third-order valence-corrected chi connectivity index (χ3v) is 3.56. The normalized spacial score (nSPS) is 11.6. The maximum absolute atomic E-state index is 12.3. The van der Waals surface area contributed by atoms with Crippen LogP contribution in [0.15, 0.2) is 18.2 Å². The summed E-state index contributed by atoms with van der Waals surface area (Å²) in [5, 5.41) is 17.2. The van der Waals surface area contributed by atoms with E-state index < -0.39 is 28.9 Å². The Bertz CT molecular complexity index is 681. The van der Waals surface area contributed by atoms with E-state index in [4.69, 9.17) is 16.7 Å². The summed E-state index contributed by atoms with van der Waals surface area (Å²) in [6, 6.07) is 4.09. The van der Waals surface area contributed by atoms with Gasteiger partial charge in [-0.2, -0.15) is 0 Å². The number of nitrogens with one attached hydrogen (secondary N) is 3. The van der Waals surface area contributed by atoms with E-state index in [9.17, 15) is 14.4 Å². The van der Waals surface area contributed by atoms with Gasteiger partial charge in [0, 0.05) is 17.8 Å². The molecule has 0 atom stereocenters. The van der Waals surface area contributed by atoms with Gasteiger partial charge in [-0.3, -0.25) is 9.59 Å². The lowest BCUT2D eigenvalue weighted by Gasteiger charge is -2.21. The Morgan fingerprint density at radius 1 is 1.12 bits per heavy atom. The SMILES string of the molecule is CC(C)(C)NC(=O)Nc1ccc(Cl)c(C(=O)NCC(C)(C)C(=O)O)c1. The first-order chi connectivity index (χ1) is 11.3. The molecule has 3 amide bonds. The third kappa shape index (κ3) is 6.62. The maximum atomic E-state index is 12.3. The summed E-state index contributed by atoms with van der Waals surface area (Å²) in [7, 11) is 0. The number of amides is 3. The van der Waals surface area contributed by atoms with Crippen molar-refractivity contribution < 1.29 is 19.5 Å². The fourth-order valence-electron chi connectivity index (χ4n) is 1.75. The second-order valence-electron chi connectivity index (χ2n) is 7.40. The smallest absolute Gasteiger partial charge is 0.319 e. The molecule has 0 unspecified atom stereocenters. The molecule has 0 aliphatic rings. The molecule has 0 aromatic heterocycles. The Morgan fingerprint density at radius 3 is 2.24 bits per heavy atom. The molecule has 1 rings (SSSR count). The Balaban J connectivity index is 2.85. The van der Waals surface area contributed by atoms with E-state index in [0.717, 1.165) is 0 Å². The molecular formula is C17H24ClN3O4. The average Bonchev–Trinajstić information content (AvgIpc) is 2.44. The maximum Gasteiger partial charge on any atom is 0.319 e. The van der Waals surface area contributed by atoms with Gasteiger partial charge in [0.2, 0.25) is 0 Å². The molecule has 138 valence electrons. The summed E-state index contributed by atoms with van der Waals surface area (Å²) in [5.41, 5.74) is -0.964. The van der Waals surface area contributed by atoms with E-state index >= 15 is 0 Å². The van der Waals surface area contributed by atoms with Gasteiger partial charge in [-0.25, -0.2) is 4.79 Å². The molecule has 25 heavy (non-hydrogen) atoms. The first kappa shape index (κ1) is 20.8. The van der Waals surface area contributed by atoms with Crippen LogP contribution in [0, 0.1) is 5.41 Å². The van der Waals surface area contributed by atoms with Crippen LogP contribution in [0.5, 0.6) is 0 Å². The van der Waals surface area contributed by atoms with Crippen molar-refractivity contribution in [1.29, 1.82) is 0 Å². The number of benzene rings is 1. The number of carbonyl (C=O) groups is 3. The van der Waals surface area contributed by atoms with E-state index in [1.807, 2.05) is 20.8 Å². The van der Waals surface area contributed by atoms with Crippen LogP contribution in [-0.2, 0) is 4.79 Å². The first-order valence-corrected chi connectivity index (χ1v) is 8.10. The van der Waals surface area contributed by atoms with Gasteiger partial charge in [-0.1, -0.05) is 11.6 Å². The highest BCUT2D eigenvalue weighted by Gasteiger charge is 2.28. The lowest BCUT2D eigenvalue weighted by molar-refractivity contribution is -0.146. The van der Waals surface area contributed by atoms with Gasteiger partial charge in [0.25, 0.3) is 5.91 Å². The monoisotopic (exact) mass is 369 g/mol. The van der Waals surface area contributed by atoms with E-state index in [-0.39, 0.29) is 17.1 Å². The van der Waals surface area contributed by atoms with Gasteiger partial charge < -0.3 is 21.1 Å². The van der Waals surface area contributed by atoms with Crippen molar-refractivity contribution >= 4 is 35.2 Å². The zero-order valence-corrected chi connectivity index (χ0v) is 15.7. The minimum Gasteiger partial charge on any atom is -0.481 e. The molecule has 1 aromatic rings. The number of aliphatic carboxylic acids is 1. The Labute approximate surface area is 152 Å². The van der Waals surface area contributed by atoms with Crippen LogP contribution in [0.25, 0.3) is 0 Å². The minimum atomic E-state index is -1.11. The summed E-state index contributed by atoms with van der Waals surface area (Å²) >= 11 is 6.04. The van der Waals surface area contributed by atoms with Gasteiger partial charge in [-0.05, 0) is 52.8 Å². The molecule has 0 saturated carbocycles. The molecule has 0 saturated heterocycles. The quantitative estimate of drug-likeness (QED) is 0.639. The van der Waals surface area contributed by atoms with Crippen molar-refractivity contribution in [1.82, 2.24) is 10.6 Å². The summed E-state index contributed by atoms with van der Waals surface area (Å²) in [6.45, 7) is 8.49. The van der Waals surface area contributed by atoms with Crippen LogP contribution >= 0.6 is 11.6 Å². The third-order valence-electron chi connectivity index (χ3n) is 3.23. The Hall–Kier alpha value is -2.28. The number of halogens is 1. The van der Waals surface area contributed by atoms with E-state index in [2.05, 4.69) is 16.0 Å². The molecular weight excluding hydrogens is 346 g/mol. The number of urea groups is 1. The number of rotatable bonds is 5. The number of carboxylic acids is 1. The number of hydrogen-bond donors (Lipinski definition) is 4. The fraction of sp³-hybridized carbons (Fsp3) is 0.471. The standard InChI is InChI=1S/C17H24ClN3O4/c1-16(2,3)21-15(25)20-10-6-7-12(18)11(8-10)13(22)19-9-17(4,5)14(23)24/h6-8H,9H2,1-5H3,(H,19,22)(H,23,24)(H2,20,21,25). The van der Waals surface area contributed by atoms with Crippen LogP contribution in [0.2, 0.25) is 5.02 Å². The molecule has 4 N–H and O–H groups in total. The van der Waals surface area contributed by atoms with E-state index in [1.165, 1.54) is 26.0 Å². The van der Waals surface area contributed by atoms with Crippen molar-refractivity contribution in [2.75, 3.05) is 11.9 Å². The average molecular weight is 370 g/mol. The van der Waals surface area contributed by atoms with Crippen LogP contribution in [-0.4, -0.2) is 35.1 Å². The molecule has 8 heteroatoms. The molecule has 1 aromatic carbocycles. The van der Waals surface area contributed by atoms with Crippen LogP contribution in [0.4, 0.5) is 10.5 Å². The molecule has 0 aliphatic carbocycles. The largest absolute Gasteiger partial charge is 0.481 e. The van der Waals surface area contributed by atoms with Crippen molar-refractivity contribution in [3.8, 4) is 0 Å². The van der Waals surface area contributed by atoms with Crippen molar-refractivity contribution in [2.24, 2.45) is 5.41 Å². The topological polar surface area (TPSA) is 108 Å². The molecule has 0 spiro atoms. The van der Waals surface area contributed by atoms with Crippen LogP contribution < -0.4 is 16.0 Å². The molecule has 0 aliphatic heterocycles. The number of carbonyl (C=O) groups excluding carboxylic acids is 2. The molecule has 0 bridgehead atoms. The number of carboxylic acid groups (broad SMARTS) is 1. The Morgan fingerprint density at radius 2 is 1.72 bits per heavy atom. The number of anilines is 1. The lowest BCUT2D eigenvalue weighted by atomic mass is 9.94. The van der Waals surface area contributed by atoms with Gasteiger partial charge in [0.05, 0.1) is 16.0 Å². The highest BCUT2D eigenvalue weighted by atomic mass is 35.5. The van der Waals surface area contributed by atoms with Gasteiger partial charge in [0.15, 0.2) is 0 Å².